The molecule has 0 fully saturated rings. The molecule has 1 aromatic carbocycles. The van der Waals surface area contributed by atoms with Crippen LogP contribution in [-0.2, 0) is 11.3 Å². The molecule has 0 bridgehead atoms. The highest BCUT2D eigenvalue weighted by atomic mass is 16.1. The molecule has 4 nitrogen and oxygen atoms in total. The van der Waals surface area contributed by atoms with Crippen LogP contribution in [0.25, 0.3) is 0 Å². The van der Waals surface area contributed by atoms with Crippen LogP contribution in [0.2, 0.25) is 0 Å². The minimum Gasteiger partial charge on any atom is -0.369 e. The molecule has 0 aliphatic carbocycles. The number of nitriles is 1. The van der Waals surface area contributed by atoms with E-state index in [1.54, 1.807) is 6.07 Å². The average Bonchev–Trinajstić information content (AvgIpc) is 2.29. The molecule has 0 saturated heterocycles. The zero-order valence-electron chi connectivity index (χ0n) is 11.1. The fourth-order valence-electron chi connectivity index (χ4n) is 1.78. The van der Waals surface area contributed by atoms with E-state index in [-0.39, 0.29) is 18.5 Å². The van der Waals surface area contributed by atoms with Gasteiger partial charge >= 0.3 is 0 Å². The van der Waals surface area contributed by atoms with Gasteiger partial charge in [0.05, 0.1) is 18.2 Å². The molecule has 0 unspecified atom stereocenters. The van der Waals surface area contributed by atoms with Crippen molar-refractivity contribution in [2.24, 2.45) is 5.73 Å². The second-order valence-electron chi connectivity index (χ2n) is 4.72. The minimum atomic E-state index is -0.324. The molecule has 1 aromatic rings. The van der Waals surface area contributed by atoms with Crippen LogP contribution in [0.5, 0.6) is 0 Å². The van der Waals surface area contributed by atoms with Gasteiger partial charge < -0.3 is 5.73 Å². The fraction of sp³-hybridized carbons (Fsp3) is 0.429. The molecule has 96 valence electrons. The maximum Gasteiger partial charge on any atom is 0.231 e. The molecule has 0 atom stereocenters. The molecule has 2 N–H and O–H groups in total. The van der Waals surface area contributed by atoms with Crippen LogP contribution in [0.1, 0.15) is 30.5 Å². The van der Waals surface area contributed by atoms with Crippen molar-refractivity contribution in [1.29, 1.82) is 5.26 Å². The average molecular weight is 245 g/mol. The van der Waals surface area contributed by atoms with Gasteiger partial charge in [0.15, 0.2) is 0 Å². The Bertz CT molecular complexity index is 474. The Morgan fingerprint density at radius 3 is 2.61 bits per heavy atom. The lowest BCUT2D eigenvalue weighted by Gasteiger charge is -2.25. The monoisotopic (exact) mass is 245 g/mol. The molecule has 0 saturated carbocycles. The highest BCUT2D eigenvalue weighted by Crippen LogP contribution is 2.14. The van der Waals surface area contributed by atoms with Crippen molar-refractivity contribution < 1.29 is 4.79 Å². The topological polar surface area (TPSA) is 70.1 Å². The van der Waals surface area contributed by atoms with Gasteiger partial charge in [-0.1, -0.05) is 6.07 Å². The third-order valence-corrected chi connectivity index (χ3v) is 2.93. The van der Waals surface area contributed by atoms with E-state index < -0.39 is 0 Å². The lowest BCUT2D eigenvalue weighted by Crippen LogP contribution is -2.38. The highest BCUT2D eigenvalue weighted by molar-refractivity contribution is 5.75. The van der Waals surface area contributed by atoms with Gasteiger partial charge in [0.2, 0.25) is 5.91 Å². The summed E-state index contributed by atoms with van der Waals surface area (Å²) >= 11 is 0. The maximum absolute atomic E-state index is 11.0. The zero-order chi connectivity index (χ0) is 13.7. The van der Waals surface area contributed by atoms with Gasteiger partial charge in [-0.3, -0.25) is 9.69 Å². The van der Waals surface area contributed by atoms with Crippen LogP contribution in [0.4, 0.5) is 0 Å². The first-order valence-electron chi connectivity index (χ1n) is 5.96. The number of nitrogens with zero attached hydrogens (tertiary/aromatic N) is 2. The minimum absolute atomic E-state index is 0.243. The summed E-state index contributed by atoms with van der Waals surface area (Å²) in [5.41, 5.74) is 8.07. The standard InChI is InChI=1S/C14H19N3O/c1-10(2)17(9-14(16)18)8-13-5-4-12(7-15)6-11(13)3/h4-6,10H,8-9H2,1-3H3,(H2,16,18). The third kappa shape index (κ3) is 3.86. The van der Waals surface area contributed by atoms with Gasteiger partial charge in [-0.2, -0.15) is 5.26 Å². The van der Waals surface area contributed by atoms with Crippen molar-refractivity contribution in [2.45, 2.75) is 33.4 Å². The van der Waals surface area contributed by atoms with Crippen molar-refractivity contribution in [2.75, 3.05) is 6.54 Å². The Kier molecular flexibility index (Phi) is 4.87. The van der Waals surface area contributed by atoms with Crippen LogP contribution in [0.3, 0.4) is 0 Å². The molecule has 0 aliphatic rings. The van der Waals surface area contributed by atoms with Crippen molar-refractivity contribution in [3.8, 4) is 6.07 Å². The highest BCUT2D eigenvalue weighted by Gasteiger charge is 2.13. The molecule has 18 heavy (non-hydrogen) atoms. The number of hydrogen-bond acceptors (Lipinski definition) is 3. The molecule has 0 heterocycles. The Labute approximate surface area is 108 Å². The molecule has 1 rings (SSSR count). The quantitative estimate of drug-likeness (QED) is 0.855. The lowest BCUT2D eigenvalue weighted by molar-refractivity contribution is -0.119. The van der Waals surface area contributed by atoms with Gasteiger partial charge in [-0.25, -0.2) is 0 Å². The van der Waals surface area contributed by atoms with Gasteiger partial charge in [-0.05, 0) is 44.0 Å². The SMILES string of the molecule is Cc1cc(C#N)ccc1CN(CC(N)=O)C(C)C. The Balaban J connectivity index is 2.87. The van der Waals surface area contributed by atoms with Crippen molar-refractivity contribution in [3.63, 3.8) is 0 Å². The largest absolute Gasteiger partial charge is 0.369 e. The Hall–Kier alpha value is -1.86. The van der Waals surface area contributed by atoms with E-state index in [4.69, 9.17) is 11.0 Å². The normalized spacial score (nSPS) is 10.7. The molecule has 0 radical (unpaired) electrons. The van der Waals surface area contributed by atoms with E-state index in [1.165, 1.54) is 0 Å². The molecule has 0 aromatic heterocycles. The van der Waals surface area contributed by atoms with E-state index in [9.17, 15) is 4.79 Å². The molecular weight excluding hydrogens is 226 g/mol. The van der Waals surface area contributed by atoms with E-state index in [0.29, 0.717) is 12.1 Å². The first-order valence-corrected chi connectivity index (χ1v) is 5.96. The van der Waals surface area contributed by atoms with Gasteiger partial charge in [-0.15, -0.1) is 0 Å². The predicted octanol–water partition coefficient (Wildman–Crippen LogP) is 1.56. The third-order valence-electron chi connectivity index (χ3n) is 2.93. The first-order chi connectivity index (χ1) is 8.43. The van der Waals surface area contributed by atoms with E-state index in [0.717, 1.165) is 11.1 Å². The van der Waals surface area contributed by atoms with Crippen LogP contribution in [0, 0.1) is 18.3 Å². The maximum atomic E-state index is 11.0. The number of aryl methyl sites for hydroxylation is 1. The molecular formula is C14H19N3O. The summed E-state index contributed by atoms with van der Waals surface area (Å²) in [7, 11) is 0. The summed E-state index contributed by atoms with van der Waals surface area (Å²) in [6, 6.07) is 7.95. The number of hydrogen-bond donors (Lipinski definition) is 1. The second kappa shape index (κ2) is 6.18. The van der Waals surface area contributed by atoms with Crippen LogP contribution < -0.4 is 5.73 Å². The summed E-state index contributed by atoms with van der Waals surface area (Å²) in [4.78, 5) is 13.0. The van der Waals surface area contributed by atoms with Crippen molar-refractivity contribution in [1.82, 2.24) is 4.90 Å². The van der Waals surface area contributed by atoms with E-state index >= 15 is 0 Å². The van der Waals surface area contributed by atoms with E-state index in [1.807, 2.05) is 37.8 Å². The number of carbonyl (C=O) groups is 1. The number of amides is 1. The van der Waals surface area contributed by atoms with Gasteiger partial charge in [0.1, 0.15) is 0 Å². The van der Waals surface area contributed by atoms with E-state index in [2.05, 4.69) is 6.07 Å². The Morgan fingerprint density at radius 1 is 1.50 bits per heavy atom. The van der Waals surface area contributed by atoms with Gasteiger partial charge in [0, 0.05) is 12.6 Å². The lowest BCUT2D eigenvalue weighted by atomic mass is 10.0. The summed E-state index contributed by atoms with van der Waals surface area (Å²) < 4.78 is 0. The number of benzene rings is 1. The summed E-state index contributed by atoms with van der Waals surface area (Å²) in [5, 5.41) is 8.82. The molecule has 0 spiro atoms. The van der Waals surface area contributed by atoms with Crippen molar-refractivity contribution >= 4 is 5.91 Å². The summed E-state index contributed by atoms with van der Waals surface area (Å²) in [5.74, 6) is -0.324. The number of primary amides is 1. The number of carbonyl (C=O) groups excluding carboxylic acids is 1. The zero-order valence-corrected chi connectivity index (χ0v) is 11.1. The smallest absolute Gasteiger partial charge is 0.231 e. The predicted molar refractivity (Wildman–Crippen MR) is 70.6 cm³/mol. The molecule has 1 amide bonds. The second-order valence-corrected chi connectivity index (χ2v) is 4.72. The summed E-state index contributed by atoms with van der Waals surface area (Å²) in [6.07, 6.45) is 0. The van der Waals surface area contributed by atoms with Crippen molar-refractivity contribution in [3.05, 3.63) is 34.9 Å². The van der Waals surface area contributed by atoms with Crippen LogP contribution in [0.15, 0.2) is 18.2 Å². The van der Waals surface area contributed by atoms with Crippen LogP contribution >= 0.6 is 0 Å². The summed E-state index contributed by atoms with van der Waals surface area (Å²) in [6.45, 7) is 6.94. The number of rotatable bonds is 5. The first kappa shape index (κ1) is 14.2. The molecule has 4 heteroatoms. The number of nitrogens with two attached hydrogens (primary N) is 1. The Morgan fingerprint density at radius 2 is 2.17 bits per heavy atom. The fourth-order valence-corrected chi connectivity index (χ4v) is 1.78. The van der Waals surface area contributed by atoms with Gasteiger partial charge in [0.25, 0.3) is 0 Å². The molecule has 0 aliphatic heterocycles. The van der Waals surface area contributed by atoms with Crippen LogP contribution in [-0.4, -0.2) is 23.4 Å².